The van der Waals surface area contributed by atoms with Crippen LogP contribution in [0.4, 0.5) is 0 Å². The summed E-state index contributed by atoms with van der Waals surface area (Å²) < 4.78 is 0. The minimum absolute atomic E-state index is 1.28. The first kappa shape index (κ1) is 16.8. The Balaban J connectivity index is 2.10. The highest BCUT2D eigenvalue weighted by atomic mass is 14.2. The molecule has 5 aromatic rings. The largest absolute Gasteiger partial charge is 0.0622 e. The van der Waals surface area contributed by atoms with Crippen molar-refractivity contribution in [2.75, 3.05) is 0 Å². The summed E-state index contributed by atoms with van der Waals surface area (Å²) in [7, 11) is 0. The van der Waals surface area contributed by atoms with E-state index >= 15 is 0 Å². The van der Waals surface area contributed by atoms with Gasteiger partial charge in [-0.2, -0.15) is 0 Å². The van der Waals surface area contributed by atoms with Gasteiger partial charge in [-0.25, -0.2) is 0 Å². The Morgan fingerprint density at radius 2 is 0.750 bits per heavy atom. The highest BCUT2D eigenvalue weighted by Crippen LogP contribution is 2.45. The van der Waals surface area contributed by atoms with Gasteiger partial charge in [0.2, 0.25) is 0 Å². The van der Waals surface area contributed by atoms with Crippen LogP contribution in [0.2, 0.25) is 0 Å². The van der Waals surface area contributed by atoms with Crippen LogP contribution >= 0.6 is 0 Å². The molecule has 0 saturated carbocycles. The van der Waals surface area contributed by atoms with E-state index in [4.69, 9.17) is 0 Å². The van der Waals surface area contributed by atoms with Gasteiger partial charge < -0.3 is 0 Å². The Labute approximate surface area is 166 Å². The van der Waals surface area contributed by atoms with Gasteiger partial charge in [-0.05, 0) is 68.8 Å². The number of hydrogen-bond donors (Lipinski definition) is 0. The molecule has 28 heavy (non-hydrogen) atoms. The van der Waals surface area contributed by atoms with Crippen molar-refractivity contribution in [2.45, 2.75) is 13.8 Å². The van der Waals surface area contributed by atoms with Crippen molar-refractivity contribution in [3.05, 3.63) is 108 Å². The highest BCUT2D eigenvalue weighted by Gasteiger charge is 2.18. The van der Waals surface area contributed by atoms with Crippen molar-refractivity contribution in [1.82, 2.24) is 0 Å². The zero-order chi connectivity index (χ0) is 19.1. The zero-order valence-corrected chi connectivity index (χ0v) is 16.2. The molecule has 0 unspecified atom stereocenters. The fraction of sp³-hybridized carbons (Fsp3) is 0.0714. The minimum atomic E-state index is 1.28. The molecule has 0 saturated heterocycles. The van der Waals surface area contributed by atoms with E-state index in [1.165, 1.54) is 54.9 Å². The van der Waals surface area contributed by atoms with Crippen LogP contribution in [0.1, 0.15) is 11.1 Å². The standard InChI is InChI=1S/C28H22/c1-19-17-18-20(2)26-25(19)27(21-11-5-3-6-12-21)23-15-9-10-16-24(23)28(26)22-13-7-4-8-14-22/h3-18H,1-2H3. The molecule has 0 aliphatic carbocycles. The number of rotatable bonds is 2. The second kappa shape index (κ2) is 6.65. The van der Waals surface area contributed by atoms with Crippen LogP contribution < -0.4 is 0 Å². The highest BCUT2D eigenvalue weighted by molar-refractivity contribution is 6.22. The summed E-state index contributed by atoms with van der Waals surface area (Å²) >= 11 is 0. The van der Waals surface area contributed by atoms with Gasteiger partial charge in [0, 0.05) is 0 Å². The fourth-order valence-electron chi connectivity index (χ4n) is 4.45. The van der Waals surface area contributed by atoms with Gasteiger partial charge in [0.15, 0.2) is 0 Å². The van der Waals surface area contributed by atoms with Crippen molar-refractivity contribution < 1.29 is 0 Å². The molecule has 0 N–H and O–H groups in total. The quantitative estimate of drug-likeness (QED) is 0.281. The maximum Gasteiger partial charge on any atom is -0.00236 e. The molecule has 5 aromatic carbocycles. The SMILES string of the molecule is Cc1ccc(C)c2c(-c3ccccc3)c3ccccc3c(-c3ccccc3)c12. The lowest BCUT2D eigenvalue weighted by atomic mass is 9.83. The first-order chi connectivity index (χ1) is 13.8. The van der Waals surface area contributed by atoms with Gasteiger partial charge in [-0.3, -0.25) is 0 Å². The number of benzene rings is 5. The smallest absolute Gasteiger partial charge is 0.00236 e. The van der Waals surface area contributed by atoms with E-state index in [0.29, 0.717) is 0 Å². The molecule has 0 nitrogen and oxygen atoms in total. The third-order valence-electron chi connectivity index (χ3n) is 5.71. The second-order valence-corrected chi connectivity index (χ2v) is 7.48. The Kier molecular flexibility index (Phi) is 3.98. The summed E-state index contributed by atoms with van der Waals surface area (Å²) in [5.74, 6) is 0. The first-order valence-corrected chi connectivity index (χ1v) is 9.81. The fourth-order valence-corrected chi connectivity index (χ4v) is 4.45. The second-order valence-electron chi connectivity index (χ2n) is 7.48. The third kappa shape index (κ3) is 2.53. The Bertz CT molecular complexity index is 1190. The molecule has 0 aliphatic heterocycles. The summed E-state index contributed by atoms with van der Waals surface area (Å²) in [5.41, 5.74) is 7.87. The van der Waals surface area contributed by atoms with Crippen molar-refractivity contribution in [3.63, 3.8) is 0 Å². The molecule has 134 valence electrons. The van der Waals surface area contributed by atoms with Crippen LogP contribution in [0.3, 0.4) is 0 Å². The average molecular weight is 358 g/mol. The average Bonchev–Trinajstić information content (AvgIpc) is 2.76. The zero-order valence-electron chi connectivity index (χ0n) is 16.2. The number of aryl methyl sites for hydroxylation is 2. The molecule has 0 fully saturated rings. The van der Waals surface area contributed by atoms with E-state index < -0.39 is 0 Å². The summed E-state index contributed by atoms with van der Waals surface area (Å²) in [6.45, 7) is 4.47. The van der Waals surface area contributed by atoms with Crippen molar-refractivity contribution in [1.29, 1.82) is 0 Å². The van der Waals surface area contributed by atoms with Gasteiger partial charge in [0.05, 0.1) is 0 Å². The molecule has 0 heteroatoms. The molecule has 0 bridgehead atoms. The van der Waals surface area contributed by atoms with Gasteiger partial charge in [0.25, 0.3) is 0 Å². The van der Waals surface area contributed by atoms with Crippen molar-refractivity contribution in [2.24, 2.45) is 0 Å². The van der Waals surface area contributed by atoms with Crippen LogP contribution in [0, 0.1) is 13.8 Å². The lowest BCUT2D eigenvalue weighted by Gasteiger charge is -2.20. The normalized spacial score (nSPS) is 11.2. The maximum absolute atomic E-state index is 2.27. The van der Waals surface area contributed by atoms with Crippen LogP contribution in [-0.4, -0.2) is 0 Å². The van der Waals surface area contributed by atoms with Gasteiger partial charge in [0.1, 0.15) is 0 Å². The van der Waals surface area contributed by atoms with Crippen LogP contribution in [0.15, 0.2) is 97.1 Å². The summed E-state index contributed by atoms with van der Waals surface area (Å²) in [4.78, 5) is 0. The summed E-state index contributed by atoms with van der Waals surface area (Å²) in [6.07, 6.45) is 0. The van der Waals surface area contributed by atoms with Crippen LogP contribution in [0.5, 0.6) is 0 Å². The molecule has 0 aliphatic rings. The lowest BCUT2D eigenvalue weighted by Crippen LogP contribution is -1.94. The molecule has 0 spiro atoms. The van der Waals surface area contributed by atoms with Gasteiger partial charge >= 0.3 is 0 Å². The molecule has 0 heterocycles. The minimum Gasteiger partial charge on any atom is -0.0622 e. The first-order valence-electron chi connectivity index (χ1n) is 9.81. The predicted molar refractivity (Wildman–Crippen MR) is 122 cm³/mol. The number of hydrogen-bond acceptors (Lipinski definition) is 0. The molecular formula is C28H22. The maximum atomic E-state index is 2.27. The van der Waals surface area contributed by atoms with E-state index in [-0.39, 0.29) is 0 Å². The Morgan fingerprint density at radius 1 is 0.393 bits per heavy atom. The van der Waals surface area contributed by atoms with E-state index in [0.717, 1.165) is 0 Å². The van der Waals surface area contributed by atoms with E-state index in [1.807, 2.05) is 0 Å². The summed E-state index contributed by atoms with van der Waals surface area (Å²) in [6, 6.07) is 35.0. The van der Waals surface area contributed by atoms with E-state index in [2.05, 4.69) is 111 Å². The molecule has 0 radical (unpaired) electrons. The van der Waals surface area contributed by atoms with Gasteiger partial charge in [-0.1, -0.05) is 97.1 Å². The topological polar surface area (TPSA) is 0 Å². The summed E-state index contributed by atoms with van der Waals surface area (Å²) in [5, 5.41) is 5.36. The van der Waals surface area contributed by atoms with E-state index in [9.17, 15) is 0 Å². The van der Waals surface area contributed by atoms with Crippen LogP contribution in [0.25, 0.3) is 43.8 Å². The Morgan fingerprint density at radius 3 is 1.14 bits per heavy atom. The van der Waals surface area contributed by atoms with Crippen molar-refractivity contribution in [3.8, 4) is 22.3 Å². The molecule has 0 aromatic heterocycles. The predicted octanol–water partition coefficient (Wildman–Crippen LogP) is 7.94. The lowest BCUT2D eigenvalue weighted by molar-refractivity contribution is 1.46. The van der Waals surface area contributed by atoms with Crippen LogP contribution in [-0.2, 0) is 0 Å². The third-order valence-corrected chi connectivity index (χ3v) is 5.71. The molecule has 5 rings (SSSR count). The van der Waals surface area contributed by atoms with E-state index in [1.54, 1.807) is 0 Å². The van der Waals surface area contributed by atoms with Gasteiger partial charge in [-0.15, -0.1) is 0 Å². The monoisotopic (exact) mass is 358 g/mol. The molecule has 0 amide bonds. The number of fused-ring (bicyclic) bond motifs is 2. The van der Waals surface area contributed by atoms with Crippen molar-refractivity contribution >= 4 is 21.5 Å². The molecule has 0 atom stereocenters. The molecular weight excluding hydrogens is 336 g/mol. The Hall–Kier alpha value is -3.38.